The molecule has 1 atom stereocenters. The first-order chi connectivity index (χ1) is 14.2. The lowest BCUT2D eigenvalue weighted by Gasteiger charge is -2.33. The molecule has 1 heterocycles. The molecule has 0 aliphatic carbocycles. The number of ether oxygens (including phenoxy) is 3. The van der Waals surface area contributed by atoms with Gasteiger partial charge in [-0.1, -0.05) is 11.6 Å². The van der Waals surface area contributed by atoms with Crippen molar-refractivity contribution < 1.29 is 33.4 Å². The molecule has 1 unspecified atom stereocenters. The van der Waals surface area contributed by atoms with Gasteiger partial charge in [0.2, 0.25) is 0 Å². The normalized spacial score (nSPS) is 17.4. The minimum Gasteiger partial charge on any atom is -0.465 e. The molecular formula is C21H18ClNO7. The van der Waals surface area contributed by atoms with E-state index in [9.17, 15) is 19.2 Å². The van der Waals surface area contributed by atoms with Gasteiger partial charge in [0.15, 0.2) is 5.60 Å². The summed E-state index contributed by atoms with van der Waals surface area (Å²) in [5.74, 6) is -2.72. The standard InChI is InChI=1S/C21H18ClNO7/c1-21(10-12-8-13(22)5-7-14(12)19(26)30-21)20(27)23-16-9-11(17(24)28-2)4-6-15(16)18(25)29-3/h4-9H,10H2,1-3H3,(H,23,27). The van der Waals surface area contributed by atoms with Crippen molar-refractivity contribution in [3.8, 4) is 0 Å². The summed E-state index contributed by atoms with van der Waals surface area (Å²) >= 11 is 6.01. The van der Waals surface area contributed by atoms with E-state index in [1.807, 2.05) is 0 Å². The Kier molecular flexibility index (Phi) is 5.80. The van der Waals surface area contributed by atoms with Crippen LogP contribution in [0.3, 0.4) is 0 Å². The maximum Gasteiger partial charge on any atom is 0.339 e. The SMILES string of the molecule is COC(=O)c1ccc(C(=O)OC)c(NC(=O)C2(C)Cc3cc(Cl)ccc3C(=O)O2)c1. The number of carbonyl (C=O) groups is 4. The third-order valence-electron chi connectivity index (χ3n) is 4.71. The number of cyclic esters (lactones) is 1. The van der Waals surface area contributed by atoms with Crippen LogP contribution in [-0.4, -0.2) is 43.6 Å². The van der Waals surface area contributed by atoms with Gasteiger partial charge in [-0.05, 0) is 48.9 Å². The Labute approximate surface area is 177 Å². The summed E-state index contributed by atoms with van der Waals surface area (Å²) in [6.45, 7) is 1.45. The highest BCUT2D eigenvalue weighted by molar-refractivity contribution is 6.30. The summed E-state index contributed by atoms with van der Waals surface area (Å²) < 4.78 is 14.8. The number of nitrogens with one attached hydrogen (secondary N) is 1. The number of amides is 1. The van der Waals surface area contributed by atoms with Crippen molar-refractivity contribution >= 4 is 41.1 Å². The first-order valence-corrected chi connectivity index (χ1v) is 9.20. The lowest BCUT2D eigenvalue weighted by atomic mass is 9.89. The summed E-state index contributed by atoms with van der Waals surface area (Å²) in [7, 11) is 2.40. The summed E-state index contributed by atoms with van der Waals surface area (Å²) in [6, 6.07) is 8.68. The number of fused-ring (bicyclic) bond motifs is 1. The van der Waals surface area contributed by atoms with Crippen LogP contribution >= 0.6 is 11.6 Å². The number of rotatable bonds is 4. The number of hydrogen-bond acceptors (Lipinski definition) is 7. The number of methoxy groups -OCH3 is 2. The molecule has 156 valence electrons. The summed E-state index contributed by atoms with van der Waals surface area (Å²) in [5, 5.41) is 2.98. The molecule has 1 aliphatic heterocycles. The highest BCUT2D eigenvalue weighted by atomic mass is 35.5. The molecule has 0 radical (unpaired) electrons. The van der Waals surface area contributed by atoms with Crippen molar-refractivity contribution in [3.63, 3.8) is 0 Å². The molecule has 0 bridgehead atoms. The van der Waals surface area contributed by atoms with E-state index < -0.39 is 29.4 Å². The molecule has 0 saturated heterocycles. The van der Waals surface area contributed by atoms with Gasteiger partial charge in [0.25, 0.3) is 5.91 Å². The fourth-order valence-electron chi connectivity index (χ4n) is 3.13. The zero-order chi connectivity index (χ0) is 22.1. The van der Waals surface area contributed by atoms with Gasteiger partial charge in [-0.15, -0.1) is 0 Å². The van der Waals surface area contributed by atoms with E-state index >= 15 is 0 Å². The monoisotopic (exact) mass is 431 g/mol. The molecule has 3 rings (SSSR count). The minimum absolute atomic E-state index is 0.0175. The van der Waals surface area contributed by atoms with E-state index in [1.165, 1.54) is 45.4 Å². The Balaban J connectivity index is 1.95. The fourth-order valence-corrected chi connectivity index (χ4v) is 3.32. The molecule has 0 aromatic heterocycles. The largest absolute Gasteiger partial charge is 0.465 e. The average molecular weight is 432 g/mol. The molecule has 0 fully saturated rings. The van der Waals surface area contributed by atoms with Crippen LogP contribution in [0, 0.1) is 0 Å². The Morgan fingerprint density at radius 2 is 1.77 bits per heavy atom. The van der Waals surface area contributed by atoms with Crippen LogP contribution in [0.25, 0.3) is 0 Å². The quantitative estimate of drug-likeness (QED) is 0.585. The van der Waals surface area contributed by atoms with Crippen LogP contribution in [0.2, 0.25) is 5.02 Å². The molecule has 1 amide bonds. The van der Waals surface area contributed by atoms with Gasteiger partial charge in [-0.25, -0.2) is 14.4 Å². The van der Waals surface area contributed by atoms with Gasteiger partial charge in [-0.3, -0.25) is 4.79 Å². The van der Waals surface area contributed by atoms with E-state index in [-0.39, 0.29) is 23.2 Å². The van der Waals surface area contributed by atoms with Gasteiger partial charge in [0.05, 0.1) is 36.6 Å². The van der Waals surface area contributed by atoms with Gasteiger partial charge >= 0.3 is 17.9 Å². The second-order valence-electron chi connectivity index (χ2n) is 6.80. The second-order valence-corrected chi connectivity index (χ2v) is 7.23. The molecule has 1 aliphatic rings. The Bertz CT molecular complexity index is 1070. The second kappa shape index (κ2) is 8.16. The van der Waals surface area contributed by atoms with Crippen LogP contribution in [0.5, 0.6) is 0 Å². The average Bonchev–Trinajstić information content (AvgIpc) is 2.72. The molecule has 9 heteroatoms. The van der Waals surface area contributed by atoms with E-state index in [1.54, 1.807) is 12.1 Å². The fraction of sp³-hybridized carbons (Fsp3) is 0.238. The van der Waals surface area contributed by atoms with Crippen molar-refractivity contribution in [1.82, 2.24) is 0 Å². The summed E-state index contributed by atoms with van der Waals surface area (Å²) in [6.07, 6.45) is 0.0741. The Hall–Kier alpha value is -3.39. The molecule has 2 aromatic rings. The molecular weight excluding hydrogens is 414 g/mol. The minimum atomic E-state index is -1.57. The van der Waals surface area contributed by atoms with Gasteiger partial charge < -0.3 is 19.5 Å². The van der Waals surface area contributed by atoms with Crippen molar-refractivity contribution in [2.45, 2.75) is 18.9 Å². The predicted molar refractivity (Wildman–Crippen MR) is 107 cm³/mol. The zero-order valence-corrected chi connectivity index (χ0v) is 17.2. The number of hydrogen-bond donors (Lipinski definition) is 1. The van der Waals surface area contributed by atoms with E-state index in [2.05, 4.69) is 10.1 Å². The number of carbonyl (C=O) groups excluding carboxylic acids is 4. The summed E-state index contributed by atoms with van der Waals surface area (Å²) in [4.78, 5) is 49.4. The van der Waals surface area contributed by atoms with E-state index in [0.29, 0.717) is 16.1 Å². The van der Waals surface area contributed by atoms with Gasteiger partial charge in [0.1, 0.15) is 0 Å². The van der Waals surface area contributed by atoms with Crippen LogP contribution in [0.4, 0.5) is 5.69 Å². The highest BCUT2D eigenvalue weighted by Crippen LogP contribution is 2.31. The maximum atomic E-state index is 13.1. The number of anilines is 1. The first-order valence-electron chi connectivity index (χ1n) is 8.82. The number of esters is 3. The highest BCUT2D eigenvalue weighted by Gasteiger charge is 2.43. The zero-order valence-electron chi connectivity index (χ0n) is 16.4. The van der Waals surface area contributed by atoms with E-state index in [4.69, 9.17) is 21.1 Å². The third-order valence-corrected chi connectivity index (χ3v) is 4.94. The van der Waals surface area contributed by atoms with Gasteiger partial charge in [-0.2, -0.15) is 0 Å². The van der Waals surface area contributed by atoms with Crippen LogP contribution in [0.1, 0.15) is 43.6 Å². The van der Waals surface area contributed by atoms with Crippen molar-refractivity contribution in [1.29, 1.82) is 0 Å². The molecule has 0 saturated carbocycles. The third kappa shape index (κ3) is 3.99. The maximum absolute atomic E-state index is 13.1. The molecule has 2 aromatic carbocycles. The van der Waals surface area contributed by atoms with Crippen molar-refractivity contribution in [3.05, 3.63) is 63.7 Å². The topological polar surface area (TPSA) is 108 Å². The van der Waals surface area contributed by atoms with Crippen LogP contribution in [0.15, 0.2) is 36.4 Å². The Morgan fingerprint density at radius 3 is 2.43 bits per heavy atom. The molecule has 30 heavy (non-hydrogen) atoms. The lowest BCUT2D eigenvalue weighted by Crippen LogP contribution is -2.49. The summed E-state index contributed by atoms with van der Waals surface area (Å²) in [5.41, 5.74) is -0.524. The van der Waals surface area contributed by atoms with Crippen molar-refractivity contribution in [2.24, 2.45) is 0 Å². The van der Waals surface area contributed by atoms with Crippen LogP contribution < -0.4 is 5.32 Å². The van der Waals surface area contributed by atoms with Gasteiger partial charge in [0, 0.05) is 11.4 Å². The first kappa shape index (κ1) is 21.3. The molecule has 8 nitrogen and oxygen atoms in total. The predicted octanol–water partition coefficient (Wildman–Crippen LogP) is 3.02. The van der Waals surface area contributed by atoms with Crippen molar-refractivity contribution in [2.75, 3.05) is 19.5 Å². The van der Waals surface area contributed by atoms with E-state index in [0.717, 1.165) is 0 Å². The smallest absolute Gasteiger partial charge is 0.339 e. The number of halogens is 1. The lowest BCUT2D eigenvalue weighted by molar-refractivity contribution is -0.134. The van der Waals surface area contributed by atoms with Crippen LogP contribution in [-0.2, 0) is 25.4 Å². The number of benzene rings is 2. The molecule has 1 N–H and O–H groups in total. The molecule has 0 spiro atoms. The Morgan fingerprint density at radius 1 is 1.07 bits per heavy atom.